The van der Waals surface area contributed by atoms with Gasteiger partial charge in [-0.1, -0.05) is 0 Å². The minimum atomic E-state index is 0.0107. The van der Waals surface area contributed by atoms with E-state index in [1.54, 1.807) is 7.11 Å². The van der Waals surface area contributed by atoms with E-state index in [0.717, 1.165) is 37.0 Å². The van der Waals surface area contributed by atoms with Gasteiger partial charge in [-0.25, -0.2) is 9.67 Å². The lowest BCUT2D eigenvalue weighted by Crippen LogP contribution is -2.51. The zero-order valence-electron chi connectivity index (χ0n) is 15.0. The van der Waals surface area contributed by atoms with Gasteiger partial charge in [-0.05, 0) is 68.6 Å². The maximum atomic E-state index is 13.2. The Balaban J connectivity index is 1.32. The molecule has 4 aliphatic carbocycles. The molecule has 1 N–H and O–H groups in total. The Morgan fingerprint density at radius 2 is 1.92 bits per heavy atom. The molecule has 6 rings (SSSR count). The van der Waals surface area contributed by atoms with Crippen molar-refractivity contribution in [1.82, 2.24) is 20.1 Å². The number of aromatic nitrogens is 3. The van der Waals surface area contributed by atoms with Crippen LogP contribution in [0.25, 0.3) is 0 Å². The highest BCUT2D eigenvalue weighted by atomic mass is 16.5. The quantitative estimate of drug-likeness (QED) is 0.911. The number of rotatable bonds is 4. The van der Waals surface area contributed by atoms with Crippen molar-refractivity contribution in [3.63, 3.8) is 0 Å². The number of hydrogen-bond donors (Lipinski definition) is 1. The summed E-state index contributed by atoms with van der Waals surface area (Å²) in [5.74, 6) is 5.21. The fourth-order valence-electron chi connectivity index (χ4n) is 6.35. The summed E-state index contributed by atoms with van der Waals surface area (Å²) in [7, 11) is 1.66. The molecule has 2 heterocycles. The van der Waals surface area contributed by atoms with E-state index >= 15 is 0 Å². The van der Waals surface area contributed by atoms with Gasteiger partial charge in [-0.2, -0.15) is 5.10 Å². The molecule has 4 fully saturated rings. The van der Waals surface area contributed by atoms with Gasteiger partial charge in [0.2, 0.25) is 5.91 Å². The first-order chi connectivity index (χ1) is 12.2. The van der Waals surface area contributed by atoms with Crippen molar-refractivity contribution >= 4 is 5.91 Å². The molecule has 1 aromatic rings. The highest BCUT2D eigenvalue weighted by molar-refractivity contribution is 5.80. The van der Waals surface area contributed by atoms with Gasteiger partial charge in [-0.15, -0.1) is 0 Å². The van der Waals surface area contributed by atoms with Crippen molar-refractivity contribution in [1.29, 1.82) is 0 Å². The third kappa shape index (κ3) is 2.69. The second kappa shape index (κ2) is 6.08. The second-order valence-corrected chi connectivity index (χ2v) is 8.70. The van der Waals surface area contributed by atoms with Crippen molar-refractivity contribution in [2.24, 2.45) is 29.6 Å². The van der Waals surface area contributed by atoms with E-state index < -0.39 is 0 Å². The molecule has 1 aliphatic heterocycles. The molecule has 0 aromatic carbocycles. The minimum absolute atomic E-state index is 0.0107. The van der Waals surface area contributed by atoms with Gasteiger partial charge < -0.3 is 10.1 Å². The summed E-state index contributed by atoms with van der Waals surface area (Å²) >= 11 is 0. The third-order valence-corrected chi connectivity index (χ3v) is 7.04. The van der Waals surface area contributed by atoms with Crippen LogP contribution in [-0.2, 0) is 22.7 Å². The van der Waals surface area contributed by atoms with Gasteiger partial charge in [-0.3, -0.25) is 4.79 Å². The van der Waals surface area contributed by atoms with Crippen molar-refractivity contribution in [3.05, 3.63) is 11.6 Å². The van der Waals surface area contributed by atoms with Crippen molar-refractivity contribution in [2.75, 3.05) is 7.11 Å². The highest BCUT2D eigenvalue weighted by Gasteiger charge is 2.51. The van der Waals surface area contributed by atoms with Gasteiger partial charge in [0.25, 0.3) is 0 Å². The molecule has 1 aromatic heterocycles. The van der Waals surface area contributed by atoms with E-state index in [4.69, 9.17) is 4.74 Å². The number of nitrogens with one attached hydrogen (secondary N) is 1. The number of hydrogen-bond acceptors (Lipinski definition) is 4. The maximum Gasteiger partial charge on any atom is 0.224 e. The maximum absolute atomic E-state index is 13.2. The molecule has 0 radical (unpaired) electrons. The van der Waals surface area contributed by atoms with Gasteiger partial charge >= 0.3 is 0 Å². The molecule has 5 aliphatic rings. The van der Waals surface area contributed by atoms with Gasteiger partial charge in [0.1, 0.15) is 12.4 Å². The van der Waals surface area contributed by atoms with Gasteiger partial charge in [0.15, 0.2) is 5.82 Å². The predicted octanol–water partition coefficient (Wildman–Crippen LogP) is 2.45. The summed E-state index contributed by atoms with van der Waals surface area (Å²) in [6.07, 6.45) is 8.55. The largest absolute Gasteiger partial charge is 0.377 e. The summed E-state index contributed by atoms with van der Waals surface area (Å²) in [6.45, 7) is 1.31. The van der Waals surface area contributed by atoms with Crippen LogP contribution in [0.4, 0.5) is 0 Å². The molecule has 6 heteroatoms. The Morgan fingerprint density at radius 3 is 2.60 bits per heavy atom. The standard InChI is InChI=1S/C19H28N4O2/c1-25-10-16-21-18-15(3-2-4-23(18)22-16)20-19(24)17-13-6-11-5-12(8-13)9-14(17)7-11/h11-15,17H,2-10H2,1H3,(H,20,24). The first kappa shape index (κ1) is 15.8. The first-order valence-electron chi connectivity index (χ1n) is 9.94. The van der Waals surface area contributed by atoms with E-state index in [1.165, 1.54) is 32.1 Å². The van der Waals surface area contributed by atoms with E-state index in [-0.39, 0.29) is 17.9 Å². The smallest absolute Gasteiger partial charge is 0.224 e. The fraction of sp³-hybridized carbons (Fsp3) is 0.842. The highest BCUT2D eigenvalue weighted by Crippen LogP contribution is 2.56. The summed E-state index contributed by atoms with van der Waals surface area (Å²) in [4.78, 5) is 17.8. The summed E-state index contributed by atoms with van der Waals surface area (Å²) in [6, 6.07) is 0.0107. The lowest BCUT2D eigenvalue weighted by molar-refractivity contribution is -0.139. The van der Waals surface area contributed by atoms with Crippen molar-refractivity contribution in [3.8, 4) is 0 Å². The molecular weight excluding hydrogens is 316 g/mol. The Morgan fingerprint density at radius 1 is 1.20 bits per heavy atom. The Bertz CT molecular complexity index is 642. The zero-order chi connectivity index (χ0) is 17.0. The van der Waals surface area contributed by atoms with Crippen LogP contribution in [0.1, 0.15) is 62.6 Å². The topological polar surface area (TPSA) is 69.0 Å². The fourth-order valence-corrected chi connectivity index (χ4v) is 6.35. The molecule has 136 valence electrons. The normalized spacial score (nSPS) is 38.6. The predicted molar refractivity (Wildman–Crippen MR) is 91.4 cm³/mol. The van der Waals surface area contributed by atoms with Crippen LogP contribution < -0.4 is 5.32 Å². The van der Waals surface area contributed by atoms with Crippen LogP contribution in [0, 0.1) is 29.6 Å². The molecule has 1 atom stereocenters. The number of nitrogens with zero attached hydrogens (tertiary/aromatic N) is 3. The third-order valence-electron chi connectivity index (χ3n) is 7.04. The number of carbonyl (C=O) groups excluding carboxylic acids is 1. The molecule has 25 heavy (non-hydrogen) atoms. The molecule has 4 saturated carbocycles. The lowest BCUT2D eigenvalue weighted by Gasteiger charge is -2.53. The molecule has 0 saturated heterocycles. The van der Waals surface area contributed by atoms with E-state index in [0.29, 0.717) is 24.3 Å². The van der Waals surface area contributed by atoms with E-state index in [1.807, 2.05) is 4.68 Å². The minimum Gasteiger partial charge on any atom is -0.377 e. The molecular formula is C19H28N4O2. The lowest BCUT2D eigenvalue weighted by atomic mass is 9.51. The molecule has 1 amide bonds. The number of ether oxygens (including phenoxy) is 1. The zero-order valence-corrected chi connectivity index (χ0v) is 15.0. The van der Waals surface area contributed by atoms with Gasteiger partial charge in [0.05, 0.1) is 6.04 Å². The van der Waals surface area contributed by atoms with E-state index in [9.17, 15) is 4.79 Å². The average Bonchev–Trinajstić information content (AvgIpc) is 2.98. The Labute approximate surface area is 148 Å². The van der Waals surface area contributed by atoms with Crippen molar-refractivity contribution < 1.29 is 9.53 Å². The van der Waals surface area contributed by atoms with Crippen LogP contribution >= 0.6 is 0 Å². The summed E-state index contributed by atoms with van der Waals surface area (Å²) in [5, 5.41) is 7.87. The van der Waals surface area contributed by atoms with Crippen LogP contribution in [0.5, 0.6) is 0 Å². The van der Waals surface area contributed by atoms with Gasteiger partial charge in [0, 0.05) is 19.6 Å². The Kier molecular flexibility index (Phi) is 3.84. The second-order valence-electron chi connectivity index (χ2n) is 8.70. The first-order valence-corrected chi connectivity index (χ1v) is 9.94. The van der Waals surface area contributed by atoms with Crippen LogP contribution in [0.3, 0.4) is 0 Å². The number of aryl methyl sites for hydroxylation is 1. The molecule has 1 unspecified atom stereocenters. The Hall–Kier alpha value is -1.43. The summed E-state index contributed by atoms with van der Waals surface area (Å²) < 4.78 is 7.11. The number of fused-ring (bicyclic) bond motifs is 1. The average molecular weight is 344 g/mol. The van der Waals surface area contributed by atoms with Crippen LogP contribution in [0.15, 0.2) is 0 Å². The summed E-state index contributed by atoms with van der Waals surface area (Å²) in [5.41, 5.74) is 0. The molecule has 4 bridgehead atoms. The van der Waals surface area contributed by atoms with Crippen LogP contribution in [-0.4, -0.2) is 27.8 Å². The number of carbonyl (C=O) groups is 1. The monoisotopic (exact) mass is 344 g/mol. The molecule has 0 spiro atoms. The van der Waals surface area contributed by atoms with Crippen LogP contribution in [0.2, 0.25) is 0 Å². The molecule has 6 nitrogen and oxygen atoms in total. The van der Waals surface area contributed by atoms with E-state index in [2.05, 4.69) is 15.4 Å². The number of methoxy groups -OCH3 is 1. The number of amides is 1. The SMILES string of the molecule is COCc1nc2n(n1)CCCC2NC(=O)C1C2CC3CC(C2)CC1C3. The van der Waals surface area contributed by atoms with Crippen molar-refractivity contribution in [2.45, 2.75) is 64.1 Å².